The van der Waals surface area contributed by atoms with Gasteiger partial charge in [-0.3, -0.25) is 4.79 Å². The standard InChI is InChI=1S/C21H44N2O2.Na.H/c1-2-3-4-5-6-7-8-9-10-11-12-13-14-15-19-23-20(21(24)25)17-16-18-22;;/h20,23H,2-19,22H2,1H3,(H,24,25);;/q;+1;-1. The van der Waals surface area contributed by atoms with Crippen molar-refractivity contribution in [3.05, 3.63) is 0 Å². The largest absolute Gasteiger partial charge is 1.00 e. The molecule has 0 aliphatic heterocycles. The number of hydrogen-bond acceptors (Lipinski definition) is 3. The van der Waals surface area contributed by atoms with Crippen molar-refractivity contribution in [2.24, 2.45) is 5.73 Å². The molecule has 0 bridgehead atoms. The first-order valence-corrected chi connectivity index (χ1v) is 10.9. The second-order valence-corrected chi connectivity index (χ2v) is 7.37. The van der Waals surface area contributed by atoms with Crippen LogP contribution in [0.5, 0.6) is 0 Å². The Morgan fingerprint density at radius 3 is 1.65 bits per heavy atom. The Morgan fingerprint density at radius 1 is 0.846 bits per heavy atom. The van der Waals surface area contributed by atoms with Crippen molar-refractivity contribution in [1.82, 2.24) is 5.32 Å². The van der Waals surface area contributed by atoms with Gasteiger partial charge in [-0.25, -0.2) is 0 Å². The van der Waals surface area contributed by atoms with Gasteiger partial charge in [-0.05, 0) is 32.4 Å². The normalized spacial score (nSPS) is 11.9. The minimum atomic E-state index is -0.751. The zero-order valence-electron chi connectivity index (χ0n) is 18.7. The van der Waals surface area contributed by atoms with Crippen LogP contribution >= 0.6 is 0 Å². The van der Waals surface area contributed by atoms with Crippen molar-refractivity contribution in [2.75, 3.05) is 13.1 Å². The summed E-state index contributed by atoms with van der Waals surface area (Å²) in [6, 6.07) is -0.425. The van der Waals surface area contributed by atoms with Crippen LogP contribution in [0.3, 0.4) is 0 Å². The van der Waals surface area contributed by atoms with Gasteiger partial charge in [-0.2, -0.15) is 0 Å². The van der Waals surface area contributed by atoms with E-state index in [-0.39, 0.29) is 31.0 Å². The molecular weight excluding hydrogens is 335 g/mol. The molecule has 0 aliphatic carbocycles. The summed E-state index contributed by atoms with van der Waals surface area (Å²) in [4.78, 5) is 11.1. The number of hydrogen-bond donors (Lipinski definition) is 3. The van der Waals surface area contributed by atoms with E-state index in [1.165, 1.54) is 83.5 Å². The van der Waals surface area contributed by atoms with E-state index in [1.54, 1.807) is 0 Å². The second kappa shape index (κ2) is 23.4. The molecular formula is C21H45N2NaO2. The number of aliphatic carboxylic acids is 1. The van der Waals surface area contributed by atoms with Crippen LogP contribution in [0.4, 0.5) is 0 Å². The summed E-state index contributed by atoms with van der Waals surface area (Å²) in [7, 11) is 0. The van der Waals surface area contributed by atoms with Gasteiger partial charge in [-0.1, -0.05) is 90.4 Å². The van der Waals surface area contributed by atoms with Gasteiger partial charge in [0.2, 0.25) is 0 Å². The van der Waals surface area contributed by atoms with Crippen LogP contribution in [-0.2, 0) is 4.79 Å². The van der Waals surface area contributed by atoms with Gasteiger partial charge in [-0.15, -0.1) is 0 Å². The smallest absolute Gasteiger partial charge is 1.00 e. The third-order valence-corrected chi connectivity index (χ3v) is 4.92. The average molecular weight is 381 g/mol. The maximum Gasteiger partial charge on any atom is 1.00 e. The fraction of sp³-hybridized carbons (Fsp3) is 0.952. The zero-order valence-corrected chi connectivity index (χ0v) is 19.7. The molecule has 0 saturated heterocycles. The zero-order chi connectivity index (χ0) is 18.6. The minimum absolute atomic E-state index is 0. The number of carbonyl (C=O) groups is 1. The van der Waals surface area contributed by atoms with E-state index in [1.807, 2.05) is 0 Å². The Balaban J connectivity index is -0.00000288. The van der Waals surface area contributed by atoms with E-state index in [0.717, 1.165) is 19.4 Å². The quantitative estimate of drug-likeness (QED) is 0.224. The molecule has 0 spiro atoms. The number of nitrogens with two attached hydrogens (primary N) is 1. The Kier molecular flexibility index (Phi) is 25.8. The molecule has 1 unspecified atom stereocenters. The summed E-state index contributed by atoms with van der Waals surface area (Å²) in [5.74, 6) is -0.751. The van der Waals surface area contributed by atoms with Gasteiger partial charge in [0, 0.05) is 0 Å². The molecule has 0 aromatic heterocycles. The van der Waals surface area contributed by atoms with Crippen molar-refractivity contribution in [3.63, 3.8) is 0 Å². The van der Waals surface area contributed by atoms with Crippen LogP contribution in [-0.4, -0.2) is 30.2 Å². The third-order valence-electron chi connectivity index (χ3n) is 4.92. The molecule has 4 N–H and O–H groups in total. The third kappa shape index (κ3) is 20.7. The molecule has 0 aromatic rings. The van der Waals surface area contributed by atoms with Gasteiger partial charge >= 0.3 is 35.5 Å². The molecule has 152 valence electrons. The van der Waals surface area contributed by atoms with Crippen molar-refractivity contribution in [2.45, 2.75) is 116 Å². The number of rotatable bonds is 20. The Morgan fingerprint density at radius 2 is 1.27 bits per heavy atom. The van der Waals surface area contributed by atoms with E-state index in [2.05, 4.69) is 12.2 Å². The first-order valence-electron chi connectivity index (χ1n) is 10.9. The predicted octanol–water partition coefficient (Wildman–Crippen LogP) is 2.37. The van der Waals surface area contributed by atoms with Crippen molar-refractivity contribution in [3.8, 4) is 0 Å². The number of nitrogens with one attached hydrogen (secondary N) is 1. The van der Waals surface area contributed by atoms with Gasteiger partial charge in [0.15, 0.2) is 0 Å². The maximum atomic E-state index is 11.1. The van der Waals surface area contributed by atoms with Gasteiger partial charge in [0.1, 0.15) is 6.04 Å². The van der Waals surface area contributed by atoms with Crippen LogP contribution < -0.4 is 40.6 Å². The summed E-state index contributed by atoms with van der Waals surface area (Å²) in [6.07, 6.45) is 20.3. The Labute approximate surface area is 186 Å². The minimum Gasteiger partial charge on any atom is -1.00 e. The average Bonchev–Trinajstić information content (AvgIpc) is 2.60. The molecule has 1 atom stereocenters. The Hall–Kier alpha value is 0.390. The summed E-state index contributed by atoms with van der Waals surface area (Å²) >= 11 is 0. The van der Waals surface area contributed by atoms with Gasteiger partial charge in [0.05, 0.1) is 0 Å². The van der Waals surface area contributed by atoms with E-state index >= 15 is 0 Å². The molecule has 0 aromatic carbocycles. The molecule has 0 amide bonds. The van der Waals surface area contributed by atoms with E-state index in [9.17, 15) is 4.79 Å². The SMILES string of the molecule is CCCCCCCCCCCCCCCCNC(CCCN)C(=O)O.[H-].[Na+]. The van der Waals surface area contributed by atoms with Crippen LogP contribution in [0.15, 0.2) is 0 Å². The van der Waals surface area contributed by atoms with E-state index < -0.39 is 12.0 Å². The van der Waals surface area contributed by atoms with Gasteiger partial charge < -0.3 is 17.6 Å². The molecule has 0 radical (unpaired) electrons. The van der Waals surface area contributed by atoms with Crippen molar-refractivity contribution >= 4 is 5.97 Å². The second-order valence-electron chi connectivity index (χ2n) is 7.37. The summed E-state index contributed by atoms with van der Waals surface area (Å²) < 4.78 is 0. The van der Waals surface area contributed by atoms with E-state index in [4.69, 9.17) is 10.8 Å². The Bertz CT molecular complexity index is 297. The molecule has 5 heteroatoms. The molecule has 0 saturated carbocycles. The fourth-order valence-corrected chi connectivity index (χ4v) is 3.23. The molecule has 0 rings (SSSR count). The molecule has 0 fully saturated rings. The molecule has 0 heterocycles. The summed E-state index contributed by atoms with van der Waals surface area (Å²) in [6.45, 7) is 3.64. The van der Waals surface area contributed by atoms with Crippen molar-refractivity contribution < 1.29 is 40.9 Å². The topological polar surface area (TPSA) is 75.3 Å². The molecule has 26 heavy (non-hydrogen) atoms. The fourth-order valence-electron chi connectivity index (χ4n) is 3.23. The summed E-state index contributed by atoms with van der Waals surface area (Å²) in [5.41, 5.74) is 5.44. The van der Waals surface area contributed by atoms with Crippen LogP contribution in [0.25, 0.3) is 0 Å². The first kappa shape index (κ1) is 28.6. The molecule has 0 aliphatic rings. The number of carboxylic acid groups (broad SMARTS) is 1. The molecule has 4 nitrogen and oxygen atoms in total. The van der Waals surface area contributed by atoms with Gasteiger partial charge in [0.25, 0.3) is 0 Å². The number of unbranched alkanes of at least 4 members (excludes halogenated alkanes) is 13. The van der Waals surface area contributed by atoms with Crippen LogP contribution in [0.2, 0.25) is 0 Å². The van der Waals surface area contributed by atoms with E-state index in [0.29, 0.717) is 13.0 Å². The van der Waals surface area contributed by atoms with Crippen molar-refractivity contribution in [1.29, 1.82) is 0 Å². The van der Waals surface area contributed by atoms with Crippen LogP contribution in [0.1, 0.15) is 111 Å². The maximum absolute atomic E-state index is 11.1. The summed E-state index contributed by atoms with van der Waals surface area (Å²) in [5, 5.41) is 12.3. The van der Waals surface area contributed by atoms with Crippen LogP contribution in [0, 0.1) is 0 Å². The first-order chi connectivity index (χ1) is 12.2. The predicted molar refractivity (Wildman–Crippen MR) is 109 cm³/mol. The number of carboxylic acids is 1. The monoisotopic (exact) mass is 380 g/mol.